The summed E-state index contributed by atoms with van der Waals surface area (Å²) in [6.07, 6.45) is 2.27. The molecule has 1 unspecified atom stereocenters. The molecule has 0 saturated carbocycles. The van der Waals surface area contributed by atoms with Crippen molar-refractivity contribution in [2.75, 3.05) is 18.4 Å². The molecule has 86 valence electrons. The van der Waals surface area contributed by atoms with Crippen LogP contribution in [0, 0.1) is 0 Å². The molecule has 0 bridgehead atoms. The van der Waals surface area contributed by atoms with E-state index < -0.39 is 0 Å². The Morgan fingerprint density at radius 3 is 2.80 bits per heavy atom. The topological polar surface area (TPSA) is 63.0 Å². The molecule has 0 amide bonds. The maximum atomic E-state index is 5.45. The fourth-order valence-corrected chi connectivity index (χ4v) is 1.25. The smallest absolute Gasteiger partial charge is 0.315 e. The lowest BCUT2D eigenvalue weighted by Crippen LogP contribution is -2.17. The molecular weight excluding hydrogens is 192 g/mol. The number of unbranched alkanes of at least 4 members (excludes halogenated alkanes) is 1. The maximum absolute atomic E-state index is 5.45. The first-order chi connectivity index (χ1) is 7.27. The van der Waals surface area contributed by atoms with Crippen molar-refractivity contribution in [3.63, 3.8) is 0 Å². The zero-order chi connectivity index (χ0) is 11.1. The van der Waals surface area contributed by atoms with Crippen LogP contribution in [0.25, 0.3) is 0 Å². The average molecular weight is 212 g/mol. The fourth-order valence-electron chi connectivity index (χ4n) is 1.25. The predicted molar refractivity (Wildman–Crippen MR) is 59.8 cm³/mol. The van der Waals surface area contributed by atoms with Crippen LogP contribution in [0.1, 0.15) is 45.5 Å². The number of hydrogen-bond donors (Lipinski definition) is 2. The van der Waals surface area contributed by atoms with Gasteiger partial charge in [-0.25, -0.2) is 0 Å². The van der Waals surface area contributed by atoms with Gasteiger partial charge in [0.15, 0.2) is 0 Å². The molecule has 5 nitrogen and oxygen atoms in total. The van der Waals surface area contributed by atoms with Gasteiger partial charge in [-0.1, -0.05) is 25.4 Å². The number of anilines is 1. The van der Waals surface area contributed by atoms with E-state index in [1.807, 2.05) is 13.8 Å². The Morgan fingerprint density at radius 1 is 1.33 bits per heavy atom. The van der Waals surface area contributed by atoms with E-state index >= 15 is 0 Å². The number of hydrogen-bond acceptors (Lipinski definition) is 5. The van der Waals surface area contributed by atoms with Gasteiger partial charge in [0, 0.05) is 6.54 Å². The zero-order valence-electron chi connectivity index (χ0n) is 9.71. The third-order valence-electron chi connectivity index (χ3n) is 2.13. The van der Waals surface area contributed by atoms with Gasteiger partial charge in [-0.3, -0.25) is 0 Å². The molecule has 2 N–H and O–H groups in total. The zero-order valence-corrected chi connectivity index (χ0v) is 9.71. The first-order valence-corrected chi connectivity index (χ1v) is 5.58. The molecule has 0 fully saturated rings. The Bertz CT molecular complexity index is 274. The highest BCUT2D eigenvalue weighted by Crippen LogP contribution is 2.13. The lowest BCUT2D eigenvalue weighted by Gasteiger charge is -2.05. The Morgan fingerprint density at radius 2 is 2.13 bits per heavy atom. The van der Waals surface area contributed by atoms with E-state index in [1.165, 1.54) is 0 Å². The Hall–Kier alpha value is -1.10. The molecule has 1 aromatic heterocycles. The summed E-state index contributed by atoms with van der Waals surface area (Å²) in [4.78, 5) is 0. The molecule has 0 aliphatic rings. The monoisotopic (exact) mass is 212 g/mol. The average Bonchev–Trinajstić information content (AvgIpc) is 2.67. The van der Waals surface area contributed by atoms with Gasteiger partial charge < -0.3 is 15.1 Å². The summed E-state index contributed by atoms with van der Waals surface area (Å²) in [5.74, 6) is 0.635. The second-order valence-corrected chi connectivity index (χ2v) is 3.51. The van der Waals surface area contributed by atoms with Crippen LogP contribution in [0.3, 0.4) is 0 Å². The number of nitrogens with zero attached hydrogens (tertiary/aromatic N) is 2. The molecule has 0 aliphatic carbocycles. The third kappa shape index (κ3) is 3.87. The maximum Gasteiger partial charge on any atom is 0.315 e. The molecule has 0 aromatic carbocycles. The molecule has 0 radical (unpaired) electrons. The van der Waals surface area contributed by atoms with Crippen molar-refractivity contribution in [1.82, 2.24) is 15.5 Å². The molecule has 1 atom stereocenters. The summed E-state index contributed by atoms with van der Waals surface area (Å²) in [5, 5.41) is 14.2. The van der Waals surface area contributed by atoms with E-state index in [0.29, 0.717) is 11.9 Å². The summed E-state index contributed by atoms with van der Waals surface area (Å²) in [5.41, 5.74) is 0. The van der Waals surface area contributed by atoms with Crippen LogP contribution in [0.15, 0.2) is 4.42 Å². The Labute approximate surface area is 90.7 Å². The van der Waals surface area contributed by atoms with Crippen molar-refractivity contribution in [3.8, 4) is 0 Å². The molecule has 5 heteroatoms. The lowest BCUT2D eigenvalue weighted by molar-refractivity contribution is 0.428. The molecule has 0 spiro atoms. The number of aromatic nitrogens is 2. The molecule has 1 rings (SSSR count). The van der Waals surface area contributed by atoms with E-state index in [9.17, 15) is 0 Å². The van der Waals surface area contributed by atoms with Gasteiger partial charge >= 0.3 is 6.01 Å². The van der Waals surface area contributed by atoms with Crippen LogP contribution in [-0.4, -0.2) is 23.3 Å². The SMILES string of the molecule is CCCCNc1nnc(C(C)NCC)o1. The van der Waals surface area contributed by atoms with Crippen molar-refractivity contribution < 1.29 is 4.42 Å². The Kier molecular flexibility index (Phi) is 5.10. The summed E-state index contributed by atoms with van der Waals surface area (Å²) in [7, 11) is 0. The van der Waals surface area contributed by atoms with Gasteiger partial charge in [0.25, 0.3) is 0 Å². The fraction of sp³-hybridized carbons (Fsp3) is 0.800. The van der Waals surface area contributed by atoms with Crippen molar-refractivity contribution in [3.05, 3.63) is 5.89 Å². The number of nitrogens with one attached hydrogen (secondary N) is 2. The highest BCUT2D eigenvalue weighted by molar-refractivity contribution is 5.16. The predicted octanol–water partition coefficient (Wildman–Crippen LogP) is 1.95. The summed E-state index contributed by atoms with van der Waals surface area (Å²) >= 11 is 0. The summed E-state index contributed by atoms with van der Waals surface area (Å²) < 4.78 is 5.45. The van der Waals surface area contributed by atoms with E-state index in [0.717, 1.165) is 25.9 Å². The number of rotatable bonds is 7. The van der Waals surface area contributed by atoms with E-state index in [2.05, 4.69) is 27.8 Å². The molecular formula is C10H20N4O. The molecule has 15 heavy (non-hydrogen) atoms. The van der Waals surface area contributed by atoms with Crippen molar-refractivity contribution in [2.24, 2.45) is 0 Å². The van der Waals surface area contributed by atoms with Crippen LogP contribution >= 0.6 is 0 Å². The first kappa shape index (κ1) is 12.0. The van der Waals surface area contributed by atoms with Crippen molar-refractivity contribution >= 4 is 6.01 Å². The lowest BCUT2D eigenvalue weighted by atomic mass is 10.3. The van der Waals surface area contributed by atoms with Crippen LogP contribution in [0.4, 0.5) is 6.01 Å². The normalized spacial score (nSPS) is 12.7. The molecule has 1 heterocycles. The van der Waals surface area contributed by atoms with Crippen LogP contribution in [0.5, 0.6) is 0 Å². The van der Waals surface area contributed by atoms with Crippen LogP contribution in [-0.2, 0) is 0 Å². The first-order valence-electron chi connectivity index (χ1n) is 5.58. The quantitative estimate of drug-likeness (QED) is 0.676. The van der Waals surface area contributed by atoms with Gasteiger partial charge in [-0.2, -0.15) is 0 Å². The minimum atomic E-state index is 0.115. The standard InChI is InChI=1S/C10H20N4O/c1-4-6-7-12-10-14-13-9(15-10)8(3)11-5-2/h8,11H,4-7H2,1-3H3,(H,12,14). The molecule has 0 saturated heterocycles. The van der Waals surface area contributed by atoms with Crippen molar-refractivity contribution in [2.45, 2.75) is 39.7 Å². The van der Waals surface area contributed by atoms with Crippen molar-refractivity contribution in [1.29, 1.82) is 0 Å². The summed E-state index contributed by atoms with van der Waals surface area (Å²) in [6.45, 7) is 7.98. The molecule has 0 aliphatic heterocycles. The van der Waals surface area contributed by atoms with Gasteiger partial charge in [-0.05, 0) is 19.9 Å². The largest absolute Gasteiger partial charge is 0.406 e. The van der Waals surface area contributed by atoms with Gasteiger partial charge in [0.1, 0.15) is 0 Å². The van der Waals surface area contributed by atoms with Gasteiger partial charge in [-0.15, -0.1) is 5.10 Å². The van der Waals surface area contributed by atoms with Gasteiger partial charge in [0.2, 0.25) is 5.89 Å². The second kappa shape index (κ2) is 6.40. The summed E-state index contributed by atoms with van der Waals surface area (Å²) in [6, 6.07) is 0.632. The minimum absolute atomic E-state index is 0.115. The van der Waals surface area contributed by atoms with E-state index in [4.69, 9.17) is 4.42 Å². The minimum Gasteiger partial charge on any atom is -0.406 e. The second-order valence-electron chi connectivity index (χ2n) is 3.51. The highest BCUT2D eigenvalue weighted by Gasteiger charge is 2.11. The van der Waals surface area contributed by atoms with Crippen LogP contribution in [0.2, 0.25) is 0 Å². The Balaban J connectivity index is 2.41. The van der Waals surface area contributed by atoms with E-state index in [1.54, 1.807) is 0 Å². The van der Waals surface area contributed by atoms with Gasteiger partial charge in [0.05, 0.1) is 6.04 Å². The highest BCUT2D eigenvalue weighted by atomic mass is 16.4. The van der Waals surface area contributed by atoms with E-state index in [-0.39, 0.29) is 6.04 Å². The van der Waals surface area contributed by atoms with Crippen LogP contribution < -0.4 is 10.6 Å². The third-order valence-corrected chi connectivity index (χ3v) is 2.13. The molecule has 1 aromatic rings.